The van der Waals surface area contributed by atoms with Crippen molar-refractivity contribution in [3.63, 3.8) is 0 Å². The fourth-order valence-corrected chi connectivity index (χ4v) is 10.1. The summed E-state index contributed by atoms with van der Waals surface area (Å²) in [5.41, 5.74) is 1.02. The quantitative estimate of drug-likeness (QED) is 0.101. The van der Waals surface area contributed by atoms with Crippen LogP contribution in [0.25, 0.3) is 0 Å². The summed E-state index contributed by atoms with van der Waals surface area (Å²) in [6.45, 7) is 8.13. The number of allylic oxidation sites excluding steroid dienone is 6. The third-order valence-electron chi connectivity index (χ3n) is 12.9. The molecule has 0 aliphatic heterocycles. The molecule has 6 aliphatic carbocycles. The Kier molecular flexibility index (Phi) is 20.2. The van der Waals surface area contributed by atoms with Gasteiger partial charge in [0.2, 0.25) is 0 Å². The van der Waals surface area contributed by atoms with Crippen molar-refractivity contribution >= 4 is 29.8 Å². The molecule has 6 aliphatic rings. The Bertz CT molecular complexity index is 1740. The number of esters is 2. The van der Waals surface area contributed by atoms with E-state index in [1.165, 1.54) is 30.9 Å². The molecule has 0 bridgehead atoms. The molecule has 5 N–H and O–H groups in total. The molecule has 312 valence electrons. The number of carboxylic acid groups (broad SMARTS) is 3. The Morgan fingerprint density at radius 3 is 1.31 bits per heavy atom. The number of aliphatic hydroxyl groups is 1. The van der Waals surface area contributed by atoms with Crippen LogP contribution in [0.2, 0.25) is 0 Å². The first kappa shape index (κ1) is 52.6. The normalized spacial score (nSPS) is 31.0. The molecule has 0 aromatic carbocycles. The van der Waals surface area contributed by atoms with Crippen LogP contribution in [0.15, 0.2) is 34.9 Å². The van der Waals surface area contributed by atoms with Gasteiger partial charge in [-0.2, -0.15) is 15.8 Å². The number of methoxy groups -OCH3 is 2. The van der Waals surface area contributed by atoms with Crippen LogP contribution in [0.5, 0.6) is 0 Å². The molecule has 0 aromatic rings. The van der Waals surface area contributed by atoms with Crippen molar-refractivity contribution in [2.24, 2.45) is 63.6 Å². The molecule has 15 nitrogen and oxygen atoms in total. The number of nitriles is 3. The van der Waals surface area contributed by atoms with Crippen LogP contribution < -0.4 is 51.4 Å². The number of nitrogens with zero attached hydrogens (tertiary/aromatic N) is 3. The number of hydrogen-bond acceptors (Lipinski definition) is 12. The first-order valence-corrected chi connectivity index (χ1v) is 19.3. The van der Waals surface area contributed by atoms with Crippen molar-refractivity contribution in [1.29, 1.82) is 15.8 Å². The number of fused-ring (bicyclic) bond motifs is 3. The predicted molar refractivity (Wildman–Crippen MR) is 201 cm³/mol. The maximum absolute atomic E-state index is 12.0. The summed E-state index contributed by atoms with van der Waals surface area (Å²) in [4.78, 5) is 56.9. The molecule has 0 spiro atoms. The van der Waals surface area contributed by atoms with Crippen LogP contribution in [0.4, 0.5) is 0 Å². The van der Waals surface area contributed by atoms with Crippen molar-refractivity contribution in [3.05, 3.63) is 34.9 Å². The summed E-state index contributed by atoms with van der Waals surface area (Å²) in [6, 6.07) is 6.44. The van der Waals surface area contributed by atoms with E-state index in [2.05, 4.69) is 38.1 Å². The Hall–Kier alpha value is -3.40. The fourth-order valence-electron chi connectivity index (χ4n) is 10.1. The Morgan fingerprint density at radius 2 is 1.02 bits per heavy atom. The number of ether oxygens (including phenoxy) is 2. The first-order valence-electron chi connectivity index (χ1n) is 19.3. The second-order valence-corrected chi connectivity index (χ2v) is 15.7. The van der Waals surface area contributed by atoms with E-state index < -0.39 is 57.9 Å². The van der Waals surface area contributed by atoms with Gasteiger partial charge in [-0.25, -0.2) is 0 Å². The summed E-state index contributed by atoms with van der Waals surface area (Å²) in [5, 5.41) is 62.6. The standard InChI is InChI=1S/C15H19NO4.C13H15NO4.C12H15NO2.C2H6O.K.H2O/c1-4-9-5-10-7-15(8-16,11(10)6-9)12(13(17)19-2)14(18)20-3;1-2-7-3-8-5-13(6-14,9(8)4-7)10(11(15)16)12(17)18;1-2-8-3-9-5-12(7-13,6-11(14)15)10(9)4-8;1-2-3;;/h6,10-12H,4-5,7H2,1-3H3;4,8-10H,2-3,5H2,1H3,(H,15,16)(H,17,18);4,9-10H,2-3,5-6H2,1H3,(H,14,15);3H,2H2,1H3;;1H2/q;;;;+1;/p-1/t10-,11-,15-;8-,9-,13-;9-,10-,12-;;;/m111.../s1. The molecule has 9 atom stereocenters. The van der Waals surface area contributed by atoms with Crippen LogP contribution in [0.3, 0.4) is 0 Å². The number of carbonyl (C=O) groups is 5. The van der Waals surface area contributed by atoms with E-state index >= 15 is 0 Å². The number of carbonyl (C=O) groups excluding carboxylic acids is 2. The Morgan fingerprint density at radius 1 is 0.672 bits per heavy atom. The third kappa shape index (κ3) is 10.1. The summed E-state index contributed by atoms with van der Waals surface area (Å²) in [5.74, 6) is -6.75. The van der Waals surface area contributed by atoms with Gasteiger partial charge >= 0.3 is 81.2 Å². The van der Waals surface area contributed by atoms with Crippen molar-refractivity contribution in [2.75, 3.05) is 20.8 Å². The minimum absolute atomic E-state index is 0. The number of aliphatic carboxylic acids is 3. The smallest absolute Gasteiger partial charge is 0.870 e. The van der Waals surface area contributed by atoms with Crippen molar-refractivity contribution in [3.8, 4) is 18.2 Å². The maximum Gasteiger partial charge on any atom is 1.00 e. The number of aliphatic hydroxyl groups excluding tert-OH is 1. The Labute approximate surface area is 382 Å². The van der Waals surface area contributed by atoms with Crippen molar-refractivity contribution in [1.82, 2.24) is 0 Å². The van der Waals surface area contributed by atoms with Gasteiger partial charge in [-0.3, -0.25) is 24.0 Å². The van der Waals surface area contributed by atoms with E-state index in [0.29, 0.717) is 24.7 Å². The summed E-state index contributed by atoms with van der Waals surface area (Å²) < 4.78 is 9.42. The van der Waals surface area contributed by atoms with Crippen LogP contribution >= 0.6 is 0 Å². The second kappa shape index (κ2) is 22.3. The molecule has 6 rings (SSSR count). The van der Waals surface area contributed by atoms with Gasteiger partial charge in [0.1, 0.15) is 0 Å². The molecule has 3 saturated carbocycles. The molecule has 0 aromatic heterocycles. The van der Waals surface area contributed by atoms with Gasteiger partial charge in [-0.05, 0) is 88.4 Å². The van der Waals surface area contributed by atoms with Crippen molar-refractivity contribution < 1.29 is 111 Å². The van der Waals surface area contributed by atoms with E-state index in [1.54, 1.807) is 6.92 Å². The van der Waals surface area contributed by atoms with Crippen LogP contribution in [-0.4, -0.2) is 76.6 Å². The van der Waals surface area contributed by atoms with Gasteiger partial charge in [-0.15, -0.1) is 0 Å². The summed E-state index contributed by atoms with van der Waals surface area (Å²) in [6.07, 6.45) is 13.6. The summed E-state index contributed by atoms with van der Waals surface area (Å²) in [7, 11) is 2.45. The van der Waals surface area contributed by atoms with Gasteiger partial charge in [0.25, 0.3) is 0 Å². The van der Waals surface area contributed by atoms with Crippen LogP contribution in [-0.2, 0) is 33.4 Å². The second-order valence-electron chi connectivity index (χ2n) is 15.7. The molecule has 0 saturated heterocycles. The predicted octanol–water partition coefficient (Wildman–Crippen LogP) is 2.67. The molecular weight excluding hydrogens is 778 g/mol. The Balaban J connectivity index is 0.000000416. The molecule has 3 fully saturated rings. The molecule has 0 radical (unpaired) electrons. The van der Waals surface area contributed by atoms with E-state index in [-0.39, 0.29) is 93.6 Å². The average molecular weight is 834 g/mol. The maximum atomic E-state index is 12.0. The van der Waals surface area contributed by atoms with Gasteiger partial charge in [0.05, 0.1) is 55.1 Å². The van der Waals surface area contributed by atoms with Gasteiger partial charge in [0.15, 0.2) is 11.8 Å². The first-order chi connectivity index (χ1) is 26.5. The number of carboxylic acids is 3. The molecule has 0 amide bonds. The van der Waals surface area contributed by atoms with Gasteiger partial charge in [0, 0.05) is 18.4 Å². The topological polar surface area (TPSA) is 286 Å². The summed E-state index contributed by atoms with van der Waals surface area (Å²) >= 11 is 0. The monoisotopic (exact) mass is 833 g/mol. The molecule has 16 heteroatoms. The van der Waals surface area contributed by atoms with E-state index in [1.807, 2.05) is 19.1 Å². The van der Waals surface area contributed by atoms with Crippen molar-refractivity contribution in [2.45, 2.75) is 91.9 Å². The minimum atomic E-state index is -1.63. The number of hydrogen-bond donors (Lipinski definition) is 4. The third-order valence-corrected chi connectivity index (χ3v) is 12.9. The van der Waals surface area contributed by atoms with E-state index in [0.717, 1.165) is 44.9 Å². The van der Waals surface area contributed by atoms with E-state index in [4.69, 9.17) is 35.2 Å². The SMILES string of the molecule is CCC1=C[C@@H]2[C@H](C1)C[C@]2(C#N)C(C(=O)O)C(=O)O.CCC1=C[C@@H]2[C@H](C1)C[C@]2(C#N)C(C(=O)OC)C(=O)OC.CCC1=C[C@@H]2[C@H](C1)C[C@]2(C#N)CC(=O)O.CCO.[K+].[OH-]. The number of rotatable bonds is 11. The van der Waals surface area contributed by atoms with E-state index in [9.17, 15) is 34.5 Å². The molecule has 0 unspecified atom stereocenters. The average Bonchev–Trinajstić information content (AvgIpc) is 3.82. The minimum Gasteiger partial charge on any atom is -0.870 e. The van der Waals surface area contributed by atoms with Crippen LogP contribution in [0.1, 0.15) is 91.9 Å². The molecule has 58 heavy (non-hydrogen) atoms. The molecule has 0 heterocycles. The largest absolute Gasteiger partial charge is 1.00 e. The van der Waals surface area contributed by atoms with Crippen LogP contribution in [0, 0.1) is 97.6 Å². The zero-order valence-electron chi connectivity index (χ0n) is 34.6. The van der Waals surface area contributed by atoms with Gasteiger partial charge in [-0.1, -0.05) is 55.7 Å². The zero-order chi connectivity index (χ0) is 42.2. The zero-order valence-corrected chi connectivity index (χ0v) is 37.7. The fraction of sp³-hybridized carbons (Fsp3) is 0.667. The van der Waals surface area contributed by atoms with Gasteiger partial charge < -0.3 is 35.4 Å². The molecular formula is C42H56KN3O12.